The van der Waals surface area contributed by atoms with E-state index in [0.717, 1.165) is 0 Å². The molecular weight excluding hydrogens is 268 g/mol. The van der Waals surface area contributed by atoms with Crippen molar-refractivity contribution in [2.24, 2.45) is 5.92 Å². The summed E-state index contributed by atoms with van der Waals surface area (Å²) in [6.45, 7) is 5.77. The third-order valence-electron chi connectivity index (χ3n) is 3.45. The summed E-state index contributed by atoms with van der Waals surface area (Å²) in [7, 11) is -3.00. The monoisotopic (exact) mass is 290 g/mol. The molecule has 0 aliphatic carbocycles. The maximum absolute atomic E-state index is 12.1. The van der Waals surface area contributed by atoms with Crippen LogP contribution in [-0.2, 0) is 19.4 Å². The first-order valence-corrected chi connectivity index (χ1v) is 8.38. The molecule has 19 heavy (non-hydrogen) atoms. The molecule has 0 bridgehead atoms. The molecule has 0 aromatic heterocycles. The maximum Gasteiger partial charge on any atom is 0.244 e. The van der Waals surface area contributed by atoms with Gasteiger partial charge in [0, 0.05) is 19.0 Å². The van der Waals surface area contributed by atoms with Gasteiger partial charge in [0.25, 0.3) is 0 Å². The van der Waals surface area contributed by atoms with Crippen molar-refractivity contribution >= 4 is 21.7 Å². The molecule has 0 aromatic rings. The summed E-state index contributed by atoms with van der Waals surface area (Å²) in [5.74, 6) is -0.480. The van der Waals surface area contributed by atoms with Crippen molar-refractivity contribution in [3.63, 3.8) is 0 Å². The Morgan fingerprint density at radius 3 is 2.21 bits per heavy atom. The Labute approximate surface area is 114 Å². The van der Waals surface area contributed by atoms with Gasteiger partial charge in [0.2, 0.25) is 11.8 Å². The zero-order valence-electron chi connectivity index (χ0n) is 11.7. The Hall–Kier alpha value is -1.11. The van der Waals surface area contributed by atoms with Crippen LogP contribution in [0, 0.1) is 5.92 Å². The van der Waals surface area contributed by atoms with E-state index in [4.69, 9.17) is 0 Å². The number of carbonyl (C=O) groups is 2. The first kappa shape index (κ1) is 15.9. The van der Waals surface area contributed by atoms with Gasteiger partial charge in [0.05, 0.1) is 11.5 Å². The number of rotatable bonds is 4. The number of sulfone groups is 1. The number of amides is 2. The third-order valence-corrected chi connectivity index (χ3v) is 5.05. The van der Waals surface area contributed by atoms with E-state index in [-0.39, 0.29) is 42.3 Å². The minimum atomic E-state index is -3.00. The minimum absolute atomic E-state index is 0.00473. The van der Waals surface area contributed by atoms with Crippen molar-refractivity contribution in [2.75, 3.05) is 24.6 Å². The summed E-state index contributed by atoms with van der Waals surface area (Å²) in [5, 5.41) is 2.67. The van der Waals surface area contributed by atoms with Crippen molar-refractivity contribution in [3.8, 4) is 0 Å². The predicted octanol–water partition coefficient (Wildman–Crippen LogP) is -0.206. The molecule has 6 nitrogen and oxygen atoms in total. The third kappa shape index (κ3) is 4.49. The fraction of sp³-hybridized carbons (Fsp3) is 0.833. The highest BCUT2D eigenvalue weighted by atomic mass is 32.2. The van der Waals surface area contributed by atoms with E-state index in [1.807, 2.05) is 6.92 Å². The van der Waals surface area contributed by atoms with Gasteiger partial charge < -0.3 is 10.2 Å². The molecule has 1 saturated heterocycles. The van der Waals surface area contributed by atoms with Crippen molar-refractivity contribution in [1.82, 2.24) is 10.2 Å². The molecule has 1 aliphatic rings. The second kappa shape index (κ2) is 6.36. The van der Waals surface area contributed by atoms with Crippen LogP contribution in [0.15, 0.2) is 0 Å². The number of nitrogens with one attached hydrogen (secondary N) is 1. The predicted molar refractivity (Wildman–Crippen MR) is 72.3 cm³/mol. The lowest BCUT2D eigenvalue weighted by Crippen LogP contribution is -2.52. The van der Waals surface area contributed by atoms with Crippen molar-refractivity contribution in [1.29, 1.82) is 0 Å². The van der Waals surface area contributed by atoms with Gasteiger partial charge in [0.15, 0.2) is 9.84 Å². The minimum Gasteiger partial charge on any atom is -0.344 e. The van der Waals surface area contributed by atoms with Crippen LogP contribution in [0.2, 0.25) is 0 Å². The molecule has 0 saturated carbocycles. The van der Waals surface area contributed by atoms with E-state index in [0.29, 0.717) is 6.42 Å². The first-order valence-electron chi connectivity index (χ1n) is 6.56. The van der Waals surface area contributed by atoms with Crippen LogP contribution in [0.5, 0.6) is 0 Å². The van der Waals surface area contributed by atoms with Crippen LogP contribution < -0.4 is 5.32 Å². The molecule has 0 radical (unpaired) electrons. The lowest BCUT2D eigenvalue weighted by atomic mass is 10.1. The number of carbonyl (C=O) groups excluding carboxylic acids is 2. The van der Waals surface area contributed by atoms with Crippen LogP contribution in [0.3, 0.4) is 0 Å². The normalized spacial score (nSPS) is 21.5. The molecule has 7 heteroatoms. The van der Waals surface area contributed by atoms with Crippen molar-refractivity contribution in [3.05, 3.63) is 0 Å². The summed E-state index contributed by atoms with van der Waals surface area (Å²) in [4.78, 5) is 25.3. The molecule has 1 N–H and O–H groups in total. The summed E-state index contributed by atoms with van der Waals surface area (Å²) in [6, 6.07) is -0.609. The molecule has 0 aromatic carbocycles. The van der Waals surface area contributed by atoms with Crippen LogP contribution in [0.4, 0.5) is 0 Å². The largest absolute Gasteiger partial charge is 0.344 e. The van der Waals surface area contributed by atoms with Crippen molar-refractivity contribution < 1.29 is 18.0 Å². The molecule has 2 atom stereocenters. The highest BCUT2D eigenvalue weighted by molar-refractivity contribution is 7.91. The van der Waals surface area contributed by atoms with E-state index in [9.17, 15) is 18.0 Å². The first-order chi connectivity index (χ1) is 8.76. The average molecular weight is 290 g/mol. The highest BCUT2D eigenvalue weighted by Gasteiger charge is 2.28. The van der Waals surface area contributed by atoms with Crippen LogP contribution in [-0.4, -0.2) is 55.8 Å². The Bertz CT molecular complexity index is 433. The second-order valence-corrected chi connectivity index (χ2v) is 7.32. The SMILES string of the molecule is CC[C@H](C)C(=O)N[C@@H](C)C(=O)N1CCS(=O)(=O)CC1. The number of nitrogens with zero attached hydrogens (tertiary/aromatic N) is 1. The molecule has 0 spiro atoms. The van der Waals surface area contributed by atoms with Gasteiger partial charge in [-0.25, -0.2) is 8.42 Å². The summed E-state index contributed by atoms with van der Waals surface area (Å²) >= 11 is 0. The molecule has 1 rings (SSSR count). The molecule has 2 amide bonds. The van der Waals surface area contributed by atoms with Gasteiger partial charge in [-0.05, 0) is 13.3 Å². The maximum atomic E-state index is 12.1. The van der Waals surface area contributed by atoms with Gasteiger partial charge in [-0.1, -0.05) is 13.8 Å². The van der Waals surface area contributed by atoms with Crippen LogP contribution in [0.1, 0.15) is 27.2 Å². The molecule has 0 unspecified atom stereocenters. The van der Waals surface area contributed by atoms with E-state index in [1.165, 1.54) is 4.90 Å². The van der Waals surface area contributed by atoms with Gasteiger partial charge >= 0.3 is 0 Å². The topological polar surface area (TPSA) is 83.6 Å². The standard InChI is InChI=1S/C12H22N2O4S/c1-4-9(2)11(15)13-10(3)12(16)14-5-7-19(17,18)8-6-14/h9-10H,4-8H2,1-3H3,(H,13,15)/t9-,10-/m0/s1. The zero-order chi connectivity index (χ0) is 14.6. The smallest absolute Gasteiger partial charge is 0.244 e. The van der Waals surface area contributed by atoms with Gasteiger partial charge in [-0.15, -0.1) is 0 Å². The Morgan fingerprint density at radius 1 is 1.21 bits per heavy atom. The average Bonchev–Trinajstić information content (AvgIpc) is 2.36. The van der Waals surface area contributed by atoms with Gasteiger partial charge in [-0.3, -0.25) is 9.59 Å². The summed E-state index contributed by atoms with van der Waals surface area (Å²) < 4.78 is 22.6. The molecule has 1 heterocycles. The molecular formula is C12H22N2O4S. The Morgan fingerprint density at radius 2 is 1.74 bits per heavy atom. The second-order valence-electron chi connectivity index (χ2n) is 5.02. The van der Waals surface area contributed by atoms with Crippen LogP contribution >= 0.6 is 0 Å². The quantitative estimate of drug-likeness (QED) is 0.777. The Balaban J connectivity index is 2.52. The summed E-state index contributed by atoms with van der Waals surface area (Å²) in [5.41, 5.74) is 0. The van der Waals surface area contributed by atoms with E-state index < -0.39 is 15.9 Å². The van der Waals surface area contributed by atoms with E-state index in [1.54, 1.807) is 13.8 Å². The van der Waals surface area contributed by atoms with Crippen molar-refractivity contribution in [2.45, 2.75) is 33.2 Å². The molecule has 110 valence electrons. The van der Waals surface area contributed by atoms with Crippen LogP contribution in [0.25, 0.3) is 0 Å². The Kier molecular flexibility index (Phi) is 5.34. The molecule has 1 aliphatic heterocycles. The van der Waals surface area contributed by atoms with Gasteiger partial charge in [-0.2, -0.15) is 0 Å². The fourth-order valence-corrected chi connectivity index (χ4v) is 3.01. The summed E-state index contributed by atoms with van der Waals surface area (Å²) in [6.07, 6.45) is 0.717. The zero-order valence-corrected chi connectivity index (χ0v) is 12.5. The lowest BCUT2D eigenvalue weighted by molar-refractivity contribution is -0.136. The fourth-order valence-electron chi connectivity index (χ4n) is 1.81. The van der Waals surface area contributed by atoms with Gasteiger partial charge in [0.1, 0.15) is 6.04 Å². The lowest BCUT2D eigenvalue weighted by Gasteiger charge is -2.29. The molecule has 1 fully saturated rings. The van der Waals surface area contributed by atoms with E-state index >= 15 is 0 Å². The number of hydrogen-bond acceptors (Lipinski definition) is 4. The number of hydrogen-bond donors (Lipinski definition) is 1. The van der Waals surface area contributed by atoms with E-state index in [2.05, 4.69) is 5.32 Å². The highest BCUT2D eigenvalue weighted by Crippen LogP contribution is 2.07.